The van der Waals surface area contributed by atoms with Gasteiger partial charge in [-0.1, -0.05) is 18.2 Å². The Labute approximate surface area is 137 Å². The number of hydrogen-bond donors (Lipinski definition) is 2. The van der Waals surface area contributed by atoms with Gasteiger partial charge in [-0.2, -0.15) is 0 Å². The molecule has 2 amide bonds. The van der Waals surface area contributed by atoms with Gasteiger partial charge in [0.15, 0.2) is 0 Å². The second kappa shape index (κ2) is 6.71. The van der Waals surface area contributed by atoms with Gasteiger partial charge in [-0.25, -0.2) is 0 Å². The number of piperidine rings is 1. The molecule has 2 aliphatic heterocycles. The van der Waals surface area contributed by atoms with Crippen LogP contribution in [0.5, 0.6) is 0 Å². The molecule has 2 unspecified atom stereocenters. The summed E-state index contributed by atoms with van der Waals surface area (Å²) in [7, 11) is 0. The lowest BCUT2D eigenvalue weighted by Crippen LogP contribution is -2.47. The average molecular weight is 315 g/mol. The molecule has 124 valence electrons. The van der Waals surface area contributed by atoms with E-state index in [0.29, 0.717) is 12.5 Å². The van der Waals surface area contributed by atoms with E-state index >= 15 is 0 Å². The molecule has 0 spiro atoms. The molecule has 2 N–H and O–H groups in total. The molecule has 1 aromatic carbocycles. The number of carbonyl (C=O) groups is 2. The lowest BCUT2D eigenvalue weighted by molar-refractivity contribution is -0.130. The topological polar surface area (TPSA) is 61.4 Å². The molecular formula is C18H25N3O2. The highest BCUT2D eigenvalue weighted by Gasteiger charge is 2.39. The number of benzene rings is 1. The molecular weight excluding hydrogens is 290 g/mol. The first-order valence-corrected chi connectivity index (χ1v) is 8.48. The van der Waals surface area contributed by atoms with E-state index in [-0.39, 0.29) is 23.8 Å². The number of carbonyl (C=O) groups excluding carboxylic acids is 2. The van der Waals surface area contributed by atoms with E-state index in [1.807, 2.05) is 37.3 Å². The lowest BCUT2D eigenvalue weighted by atomic mass is 9.92. The Morgan fingerprint density at radius 3 is 2.65 bits per heavy atom. The SMILES string of the molecule is CC1CC(NC(=O)[C@H]2CCN[C@@H](C)C2)C(=O)N1c1ccccc1. The molecule has 0 aromatic heterocycles. The third kappa shape index (κ3) is 3.39. The molecule has 0 saturated carbocycles. The van der Waals surface area contributed by atoms with Crippen molar-refractivity contribution in [2.45, 2.75) is 51.2 Å². The number of nitrogens with zero attached hydrogens (tertiary/aromatic N) is 1. The molecule has 23 heavy (non-hydrogen) atoms. The minimum absolute atomic E-state index is 0.000895. The van der Waals surface area contributed by atoms with Crippen LogP contribution in [-0.2, 0) is 9.59 Å². The van der Waals surface area contributed by atoms with Crippen LogP contribution in [0.3, 0.4) is 0 Å². The quantitative estimate of drug-likeness (QED) is 0.892. The Hall–Kier alpha value is -1.88. The summed E-state index contributed by atoms with van der Waals surface area (Å²) in [6, 6.07) is 9.73. The molecule has 5 heteroatoms. The fraction of sp³-hybridized carbons (Fsp3) is 0.556. The van der Waals surface area contributed by atoms with Crippen LogP contribution in [0.25, 0.3) is 0 Å². The second-order valence-corrected chi connectivity index (χ2v) is 6.77. The highest BCUT2D eigenvalue weighted by Crippen LogP contribution is 2.27. The number of amides is 2. The van der Waals surface area contributed by atoms with Gasteiger partial charge in [-0.15, -0.1) is 0 Å². The molecule has 4 atom stereocenters. The van der Waals surface area contributed by atoms with Gasteiger partial charge in [0, 0.05) is 23.7 Å². The molecule has 0 radical (unpaired) electrons. The van der Waals surface area contributed by atoms with Crippen molar-refractivity contribution in [1.29, 1.82) is 0 Å². The predicted octanol–water partition coefficient (Wildman–Crippen LogP) is 1.68. The maximum absolute atomic E-state index is 12.7. The van der Waals surface area contributed by atoms with Gasteiger partial charge in [0.1, 0.15) is 6.04 Å². The van der Waals surface area contributed by atoms with Gasteiger partial charge in [0.05, 0.1) is 0 Å². The molecule has 2 saturated heterocycles. The van der Waals surface area contributed by atoms with Crippen molar-refractivity contribution in [2.75, 3.05) is 11.4 Å². The molecule has 2 heterocycles. The molecule has 1 aromatic rings. The summed E-state index contributed by atoms with van der Waals surface area (Å²) in [5.41, 5.74) is 0.900. The zero-order valence-electron chi connectivity index (χ0n) is 13.8. The fourth-order valence-corrected chi connectivity index (χ4v) is 3.68. The standard InChI is InChI=1S/C18H25N3O2/c1-12-10-14(8-9-19-12)17(22)20-16-11-13(2)21(18(16)23)15-6-4-3-5-7-15/h3-7,12-14,16,19H,8-11H2,1-2H3,(H,20,22)/t12-,13?,14-,16?/m0/s1. The normalized spacial score (nSPS) is 31.2. The van der Waals surface area contributed by atoms with Crippen LogP contribution in [0.15, 0.2) is 30.3 Å². The number of anilines is 1. The van der Waals surface area contributed by atoms with E-state index in [0.717, 1.165) is 25.1 Å². The Balaban J connectivity index is 1.65. The molecule has 5 nitrogen and oxygen atoms in total. The lowest BCUT2D eigenvalue weighted by Gasteiger charge is -2.28. The molecule has 3 rings (SSSR count). The highest BCUT2D eigenvalue weighted by atomic mass is 16.2. The smallest absolute Gasteiger partial charge is 0.249 e. The molecule has 0 bridgehead atoms. The molecule has 2 aliphatic rings. The Kier molecular flexibility index (Phi) is 4.66. The highest BCUT2D eigenvalue weighted by molar-refractivity contribution is 6.02. The first kappa shape index (κ1) is 16.0. The van der Waals surface area contributed by atoms with E-state index < -0.39 is 6.04 Å². The van der Waals surface area contributed by atoms with Crippen LogP contribution < -0.4 is 15.5 Å². The zero-order valence-corrected chi connectivity index (χ0v) is 13.8. The van der Waals surface area contributed by atoms with Crippen molar-refractivity contribution >= 4 is 17.5 Å². The van der Waals surface area contributed by atoms with Gasteiger partial charge in [-0.05, 0) is 51.8 Å². The van der Waals surface area contributed by atoms with Crippen LogP contribution in [0.1, 0.15) is 33.1 Å². The van der Waals surface area contributed by atoms with Gasteiger partial charge >= 0.3 is 0 Å². The van der Waals surface area contributed by atoms with E-state index in [9.17, 15) is 9.59 Å². The summed E-state index contributed by atoms with van der Waals surface area (Å²) in [5, 5.41) is 6.34. The zero-order chi connectivity index (χ0) is 16.4. The van der Waals surface area contributed by atoms with E-state index in [4.69, 9.17) is 0 Å². The third-order valence-electron chi connectivity index (χ3n) is 4.90. The molecule has 2 fully saturated rings. The van der Waals surface area contributed by atoms with E-state index in [1.165, 1.54) is 0 Å². The van der Waals surface area contributed by atoms with E-state index in [1.54, 1.807) is 4.90 Å². The van der Waals surface area contributed by atoms with Crippen molar-refractivity contribution in [2.24, 2.45) is 5.92 Å². The van der Waals surface area contributed by atoms with Gasteiger partial charge < -0.3 is 15.5 Å². The van der Waals surface area contributed by atoms with Gasteiger partial charge in [0.2, 0.25) is 11.8 Å². The first-order valence-electron chi connectivity index (χ1n) is 8.48. The Morgan fingerprint density at radius 2 is 1.96 bits per heavy atom. The summed E-state index contributed by atoms with van der Waals surface area (Å²) in [4.78, 5) is 27.0. The average Bonchev–Trinajstić information content (AvgIpc) is 2.82. The van der Waals surface area contributed by atoms with Crippen LogP contribution >= 0.6 is 0 Å². The van der Waals surface area contributed by atoms with Crippen LogP contribution in [0.2, 0.25) is 0 Å². The number of para-hydroxylation sites is 1. The minimum Gasteiger partial charge on any atom is -0.344 e. The van der Waals surface area contributed by atoms with Crippen LogP contribution in [-0.4, -0.2) is 36.5 Å². The molecule has 0 aliphatic carbocycles. The number of hydrogen-bond acceptors (Lipinski definition) is 3. The summed E-state index contributed by atoms with van der Waals surface area (Å²) < 4.78 is 0. The van der Waals surface area contributed by atoms with Crippen molar-refractivity contribution in [1.82, 2.24) is 10.6 Å². The van der Waals surface area contributed by atoms with Gasteiger partial charge in [0.25, 0.3) is 0 Å². The predicted molar refractivity (Wildman–Crippen MR) is 90.1 cm³/mol. The fourth-order valence-electron chi connectivity index (χ4n) is 3.68. The third-order valence-corrected chi connectivity index (χ3v) is 4.90. The van der Waals surface area contributed by atoms with Crippen molar-refractivity contribution in [3.05, 3.63) is 30.3 Å². The van der Waals surface area contributed by atoms with Crippen LogP contribution in [0.4, 0.5) is 5.69 Å². The number of rotatable bonds is 3. The summed E-state index contributed by atoms with van der Waals surface area (Å²) >= 11 is 0. The largest absolute Gasteiger partial charge is 0.344 e. The van der Waals surface area contributed by atoms with Crippen LogP contribution in [0, 0.1) is 5.92 Å². The monoisotopic (exact) mass is 315 g/mol. The maximum atomic E-state index is 12.7. The van der Waals surface area contributed by atoms with E-state index in [2.05, 4.69) is 17.6 Å². The number of nitrogens with one attached hydrogen (secondary N) is 2. The second-order valence-electron chi connectivity index (χ2n) is 6.77. The van der Waals surface area contributed by atoms with Gasteiger partial charge in [-0.3, -0.25) is 9.59 Å². The first-order chi connectivity index (χ1) is 11.1. The summed E-state index contributed by atoms with van der Waals surface area (Å²) in [6.07, 6.45) is 2.35. The maximum Gasteiger partial charge on any atom is 0.249 e. The summed E-state index contributed by atoms with van der Waals surface area (Å²) in [5.74, 6) is 0.0398. The van der Waals surface area contributed by atoms with Crippen molar-refractivity contribution < 1.29 is 9.59 Å². The van der Waals surface area contributed by atoms with Crippen molar-refractivity contribution in [3.8, 4) is 0 Å². The Bertz CT molecular complexity index is 575. The minimum atomic E-state index is -0.400. The van der Waals surface area contributed by atoms with Crippen molar-refractivity contribution in [3.63, 3.8) is 0 Å². The summed E-state index contributed by atoms with van der Waals surface area (Å²) in [6.45, 7) is 4.99. The Morgan fingerprint density at radius 1 is 1.22 bits per heavy atom.